The topological polar surface area (TPSA) is 93.2 Å². The number of hydrogen-bond acceptors (Lipinski definition) is 6. The number of rotatable bonds is 6. The summed E-state index contributed by atoms with van der Waals surface area (Å²) in [5.74, 6) is -2.02. The maximum Gasteiger partial charge on any atom is 0.338 e. The Morgan fingerprint density at radius 2 is 0.962 bits per heavy atom. The van der Waals surface area contributed by atoms with E-state index in [-0.39, 0.29) is 22.9 Å². The molecule has 0 unspecified atom stereocenters. The van der Waals surface area contributed by atoms with E-state index in [2.05, 4.69) is 0 Å². The number of amides is 2. The molecule has 2 atom stereocenters. The first kappa shape index (κ1) is 21.1. The van der Waals surface area contributed by atoms with Crippen LogP contribution in [0, 0.1) is 0 Å². The fourth-order valence-corrected chi connectivity index (χ4v) is 2.03. The molecule has 0 N–H and O–H groups in total. The number of carbonyl (C=O) groups excluding carboxylic acids is 4. The van der Waals surface area contributed by atoms with Gasteiger partial charge in [-0.3, -0.25) is 9.59 Å². The highest BCUT2D eigenvalue weighted by Gasteiger charge is 2.22. The molecule has 1 rings (SSSR count). The maximum atomic E-state index is 12.0. The molecule has 0 heterocycles. The summed E-state index contributed by atoms with van der Waals surface area (Å²) in [7, 11) is 6.26. The molecule has 0 fully saturated rings. The lowest BCUT2D eigenvalue weighted by Crippen LogP contribution is -2.35. The highest BCUT2D eigenvalue weighted by atomic mass is 16.6. The number of carbonyl (C=O) groups is 4. The van der Waals surface area contributed by atoms with Crippen LogP contribution in [0.25, 0.3) is 0 Å². The highest BCUT2D eigenvalue weighted by Crippen LogP contribution is 2.11. The van der Waals surface area contributed by atoms with Crippen molar-refractivity contribution in [1.82, 2.24) is 9.80 Å². The van der Waals surface area contributed by atoms with Crippen molar-refractivity contribution in [3.05, 3.63) is 35.4 Å². The molecule has 142 valence electrons. The van der Waals surface area contributed by atoms with Crippen LogP contribution in [0.15, 0.2) is 24.3 Å². The van der Waals surface area contributed by atoms with Crippen LogP contribution in [-0.2, 0) is 19.1 Å². The Balaban J connectivity index is 2.73. The lowest BCUT2D eigenvalue weighted by molar-refractivity contribution is -0.137. The summed E-state index contributed by atoms with van der Waals surface area (Å²) in [6.45, 7) is 2.96. The Labute approximate surface area is 152 Å². The van der Waals surface area contributed by atoms with Crippen LogP contribution in [0.2, 0.25) is 0 Å². The van der Waals surface area contributed by atoms with E-state index in [1.165, 1.54) is 47.9 Å². The van der Waals surface area contributed by atoms with Gasteiger partial charge in [-0.1, -0.05) is 0 Å². The smallest absolute Gasteiger partial charge is 0.338 e. The molecule has 0 aromatic heterocycles. The van der Waals surface area contributed by atoms with Gasteiger partial charge in [0, 0.05) is 28.2 Å². The molecule has 8 nitrogen and oxygen atoms in total. The van der Waals surface area contributed by atoms with Gasteiger partial charge in [0.05, 0.1) is 11.1 Å². The highest BCUT2D eigenvalue weighted by molar-refractivity contribution is 5.95. The molecule has 0 aliphatic heterocycles. The third kappa shape index (κ3) is 5.58. The van der Waals surface area contributed by atoms with E-state index in [0.717, 1.165) is 0 Å². The second-order valence-electron chi connectivity index (χ2n) is 6.14. The Morgan fingerprint density at radius 3 is 1.19 bits per heavy atom. The number of likely N-dealkylation sites (N-methyl/N-ethyl adjacent to an activating group) is 2. The average Bonchev–Trinajstić information content (AvgIpc) is 2.59. The quantitative estimate of drug-likeness (QED) is 0.698. The lowest BCUT2D eigenvalue weighted by atomic mass is 10.1. The van der Waals surface area contributed by atoms with Gasteiger partial charge in [-0.25, -0.2) is 9.59 Å². The molecule has 0 aliphatic rings. The molecular formula is C18H24N2O6. The largest absolute Gasteiger partial charge is 0.449 e. The van der Waals surface area contributed by atoms with Crippen molar-refractivity contribution in [2.45, 2.75) is 26.1 Å². The van der Waals surface area contributed by atoms with Crippen LogP contribution in [0.5, 0.6) is 0 Å². The summed E-state index contributed by atoms with van der Waals surface area (Å²) in [4.78, 5) is 50.2. The number of ether oxygens (including phenoxy) is 2. The Bertz CT molecular complexity index is 622. The van der Waals surface area contributed by atoms with E-state index in [4.69, 9.17) is 9.47 Å². The first-order chi connectivity index (χ1) is 12.0. The molecule has 1 aromatic carbocycles. The third-order valence-electron chi connectivity index (χ3n) is 3.50. The monoisotopic (exact) mass is 364 g/mol. The second-order valence-corrected chi connectivity index (χ2v) is 6.14. The third-order valence-corrected chi connectivity index (χ3v) is 3.50. The minimum absolute atomic E-state index is 0.192. The number of benzene rings is 1. The molecule has 0 spiro atoms. The van der Waals surface area contributed by atoms with Gasteiger partial charge in [-0.2, -0.15) is 0 Å². The molecule has 2 amide bonds. The van der Waals surface area contributed by atoms with Gasteiger partial charge in [0.2, 0.25) is 0 Å². The van der Waals surface area contributed by atoms with Gasteiger partial charge < -0.3 is 19.3 Å². The van der Waals surface area contributed by atoms with Crippen molar-refractivity contribution in [3.63, 3.8) is 0 Å². The van der Waals surface area contributed by atoms with E-state index in [0.29, 0.717) is 0 Å². The van der Waals surface area contributed by atoms with Crippen LogP contribution in [0.4, 0.5) is 0 Å². The molecule has 0 radical (unpaired) electrons. The van der Waals surface area contributed by atoms with E-state index in [1.807, 2.05) is 0 Å². The van der Waals surface area contributed by atoms with Crippen molar-refractivity contribution in [2.75, 3.05) is 28.2 Å². The summed E-state index contributed by atoms with van der Waals surface area (Å²) < 4.78 is 10.2. The van der Waals surface area contributed by atoms with Crippen molar-refractivity contribution in [2.24, 2.45) is 0 Å². The van der Waals surface area contributed by atoms with Crippen molar-refractivity contribution in [3.8, 4) is 0 Å². The van der Waals surface area contributed by atoms with Crippen LogP contribution in [-0.4, -0.2) is 74.0 Å². The fourth-order valence-electron chi connectivity index (χ4n) is 2.03. The Hall–Kier alpha value is -2.90. The predicted octanol–water partition coefficient (Wildman–Crippen LogP) is 0.954. The SMILES string of the molecule is C[C@@H](OC(=O)c1ccc(C(=O)O[C@H](C)C(=O)N(C)C)cc1)C(=O)N(C)C. The van der Waals surface area contributed by atoms with Crippen LogP contribution >= 0.6 is 0 Å². The van der Waals surface area contributed by atoms with Gasteiger partial charge in [-0.15, -0.1) is 0 Å². The molecule has 0 saturated carbocycles. The average molecular weight is 364 g/mol. The summed E-state index contributed by atoms with van der Waals surface area (Å²) in [5.41, 5.74) is 0.384. The predicted molar refractivity (Wildman–Crippen MR) is 93.6 cm³/mol. The summed E-state index contributed by atoms with van der Waals surface area (Å²) in [5, 5.41) is 0. The fraction of sp³-hybridized carbons (Fsp3) is 0.444. The number of nitrogens with zero attached hydrogens (tertiary/aromatic N) is 2. The number of hydrogen-bond donors (Lipinski definition) is 0. The Morgan fingerprint density at radius 1 is 0.692 bits per heavy atom. The van der Waals surface area contributed by atoms with E-state index >= 15 is 0 Å². The van der Waals surface area contributed by atoms with Crippen molar-refractivity contribution >= 4 is 23.8 Å². The van der Waals surface area contributed by atoms with E-state index in [1.54, 1.807) is 28.2 Å². The van der Waals surface area contributed by atoms with Crippen LogP contribution < -0.4 is 0 Å². The van der Waals surface area contributed by atoms with Gasteiger partial charge in [0.15, 0.2) is 12.2 Å². The standard InChI is InChI=1S/C18H24N2O6/c1-11(15(21)19(3)4)25-17(23)13-7-9-14(10-8-13)18(24)26-12(2)16(22)20(5)6/h7-12H,1-6H3/t11-,12-/m1/s1. The first-order valence-electron chi connectivity index (χ1n) is 7.99. The van der Waals surface area contributed by atoms with Crippen LogP contribution in [0.3, 0.4) is 0 Å². The molecular weight excluding hydrogens is 340 g/mol. The molecule has 0 bridgehead atoms. The van der Waals surface area contributed by atoms with Crippen molar-refractivity contribution < 1.29 is 28.7 Å². The van der Waals surface area contributed by atoms with Crippen molar-refractivity contribution in [1.29, 1.82) is 0 Å². The van der Waals surface area contributed by atoms with Crippen LogP contribution in [0.1, 0.15) is 34.6 Å². The first-order valence-corrected chi connectivity index (χ1v) is 7.99. The van der Waals surface area contributed by atoms with Gasteiger partial charge in [0.1, 0.15) is 0 Å². The number of esters is 2. The zero-order chi connectivity index (χ0) is 20.0. The minimum atomic E-state index is -0.917. The zero-order valence-electron chi connectivity index (χ0n) is 15.8. The summed E-state index contributed by atoms with van der Waals surface area (Å²) in [6, 6.07) is 5.57. The van der Waals surface area contributed by atoms with Gasteiger partial charge in [-0.05, 0) is 38.1 Å². The molecule has 8 heteroatoms. The lowest BCUT2D eigenvalue weighted by Gasteiger charge is -2.18. The van der Waals surface area contributed by atoms with Gasteiger partial charge in [0.25, 0.3) is 11.8 Å². The van der Waals surface area contributed by atoms with E-state index in [9.17, 15) is 19.2 Å². The minimum Gasteiger partial charge on any atom is -0.449 e. The Kier molecular flexibility index (Phi) is 7.30. The normalized spacial score (nSPS) is 12.5. The second kappa shape index (κ2) is 8.98. The summed E-state index contributed by atoms with van der Waals surface area (Å²) in [6.07, 6.45) is -1.83. The molecule has 1 aromatic rings. The maximum absolute atomic E-state index is 12.0. The molecule has 26 heavy (non-hydrogen) atoms. The van der Waals surface area contributed by atoms with E-state index < -0.39 is 24.1 Å². The molecule has 0 saturated heterocycles. The molecule has 0 aliphatic carbocycles. The van der Waals surface area contributed by atoms with Gasteiger partial charge >= 0.3 is 11.9 Å². The summed E-state index contributed by atoms with van der Waals surface area (Å²) >= 11 is 0. The zero-order valence-corrected chi connectivity index (χ0v) is 15.8.